The first-order chi connectivity index (χ1) is 20.2. The maximum absolute atomic E-state index is 13.3. The van der Waals surface area contributed by atoms with E-state index in [0.29, 0.717) is 24.1 Å². The molecule has 9 nitrogen and oxygen atoms in total. The van der Waals surface area contributed by atoms with Crippen molar-refractivity contribution in [1.82, 2.24) is 25.1 Å². The van der Waals surface area contributed by atoms with E-state index in [4.69, 9.17) is 4.98 Å². The number of aryl methyl sites for hydroxylation is 1. The molecule has 2 aliphatic rings. The van der Waals surface area contributed by atoms with E-state index in [2.05, 4.69) is 35.6 Å². The van der Waals surface area contributed by atoms with Gasteiger partial charge < -0.3 is 15.5 Å². The minimum absolute atomic E-state index is 0.406. The Kier molecular flexibility index (Phi) is 7.55. The third-order valence-electron chi connectivity index (χ3n) is 7.45. The molecule has 2 aromatic carbocycles. The molecule has 1 aliphatic heterocycles. The van der Waals surface area contributed by atoms with Crippen molar-refractivity contribution in [2.75, 3.05) is 41.7 Å². The van der Waals surface area contributed by atoms with Crippen LogP contribution in [0, 0.1) is 6.92 Å². The average molecular weight is 577 g/mol. The highest BCUT2D eigenvalue weighted by Gasteiger charge is 2.35. The number of aromatic nitrogens is 4. The molecular weight excluding hydrogens is 545 g/mol. The molecule has 3 heterocycles. The zero-order valence-corrected chi connectivity index (χ0v) is 23.1. The molecule has 6 rings (SSSR count). The van der Waals surface area contributed by atoms with Gasteiger partial charge >= 0.3 is 6.18 Å². The van der Waals surface area contributed by atoms with Crippen molar-refractivity contribution >= 4 is 29.2 Å². The van der Waals surface area contributed by atoms with Gasteiger partial charge in [0.05, 0.1) is 16.8 Å². The van der Waals surface area contributed by atoms with Crippen molar-refractivity contribution in [3.63, 3.8) is 0 Å². The first-order valence-electron chi connectivity index (χ1n) is 13.9. The second-order valence-electron chi connectivity index (χ2n) is 10.8. The Hall–Kier alpha value is -4.45. The normalized spacial score (nSPS) is 16.0. The van der Waals surface area contributed by atoms with E-state index in [1.807, 2.05) is 31.2 Å². The van der Waals surface area contributed by atoms with E-state index in [0.717, 1.165) is 60.8 Å². The van der Waals surface area contributed by atoms with Gasteiger partial charge in [0.25, 0.3) is 5.91 Å². The Labute approximate surface area is 241 Å². The predicted octanol–water partition coefficient (Wildman–Crippen LogP) is 5.72. The van der Waals surface area contributed by atoms with Crippen LogP contribution in [0.5, 0.6) is 0 Å². The number of H-pyrrole nitrogens is 1. The number of benzene rings is 2. The second kappa shape index (κ2) is 11.4. The van der Waals surface area contributed by atoms with E-state index >= 15 is 0 Å². The number of hydrogen-bond acceptors (Lipinski definition) is 7. The summed E-state index contributed by atoms with van der Waals surface area (Å²) in [6, 6.07) is 15.9. The number of aromatic amines is 1. The highest BCUT2D eigenvalue weighted by molar-refractivity contribution is 6.05. The monoisotopic (exact) mass is 576 g/mol. The Balaban J connectivity index is 1.02. The Bertz CT molecular complexity index is 1560. The van der Waals surface area contributed by atoms with Crippen LogP contribution in [0.2, 0.25) is 0 Å². The molecule has 0 bridgehead atoms. The number of hydrogen-bond donors (Lipinski definition) is 3. The van der Waals surface area contributed by atoms with Crippen LogP contribution in [0.15, 0.2) is 60.7 Å². The van der Waals surface area contributed by atoms with Crippen molar-refractivity contribution in [1.29, 1.82) is 0 Å². The molecule has 0 radical (unpaired) electrons. The number of anilines is 4. The number of alkyl halides is 3. The first kappa shape index (κ1) is 27.7. The summed E-state index contributed by atoms with van der Waals surface area (Å²) in [6.07, 6.45) is -2.22. The van der Waals surface area contributed by atoms with Crippen molar-refractivity contribution in [3.05, 3.63) is 88.7 Å². The van der Waals surface area contributed by atoms with E-state index in [-0.39, 0.29) is 0 Å². The van der Waals surface area contributed by atoms with Crippen LogP contribution in [0.4, 0.5) is 36.4 Å². The van der Waals surface area contributed by atoms with Gasteiger partial charge in [-0.2, -0.15) is 23.3 Å². The van der Waals surface area contributed by atoms with Crippen LogP contribution in [-0.4, -0.2) is 57.2 Å². The molecule has 218 valence electrons. The zero-order chi connectivity index (χ0) is 29.3. The Morgan fingerprint density at radius 1 is 1.00 bits per heavy atom. The number of carbonyl (C=O) groups excluding carboxylic acids is 1. The molecular formula is C30H31F3N8O. The lowest BCUT2D eigenvalue weighted by Gasteiger charge is -2.35. The van der Waals surface area contributed by atoms with Crippen molar-refractivity contribution in [2.24, 2.45) is 0 Å². The second-order valence-corrected chi connectivity index (χ2v) is 10.8. The largest absolute Gasteiger partial charge is 0.417 e. The fourth-order valence-corrected chi connectivity index (χ4v) is 5.07. The molecule has 0 spiro atoms. The smallest absolute Gasteiger partial charge is 0.338 e. The quantitative estimate of drug-likeness (QED) is 0.247. The molecule has 42 heavy (non-hydrogen) atoms. The number of amides is 1. The van der Waals surface area contributed by atoms with Crippen LogP contribution in [0.25, 0.3) is 0 Å². The van der Waals surface area contributed by atoms with Gasteiger partial charge in [0.2, 0.25) is 5.95 Å². The lowest BCUT2D eigenvalue weighted by Crippen LogP contribution is -2.46. The third kappa shape index (κ3) is 6.54. The van der Waals surface area contributed by atoms with E-state index < -0.39 is 23.2 Å². The number of piperazine rings is 1. The molecule has 1 aliphatic carbocycles. The maximum atomic E-state index is 13.3. The summed E-state index contributed by atoms with van der Waals surface area (Å²) in [5, 5.41) is 13.3. The highest BCUT2D eigenvalue weighted by Crippen LogP contribution is 2.39. The van der Waals surface area contributed by atoms with E-state index in [1.165, 1.54) is 31.0 Å². The molecule has 0 unspecified atom stereocenters. The van der Waals surface area contributed by atoms with Crippen molar-refractivity contribution < 1.29 is 18.0 Å². The van der Waals surface area contributed by atoms with Gasteiger partial charge in [-0.1, -0.05) is 24.3 Å². The average Bonchev–Trinajstić information content (AvgIpc) is 3.72. The van der Waals surface area contributed by atoms with Crippen LogP contribution in [0.3, 0.4) is 0 Å². The van der Waals surface area contributed by atoms with E-state index in [1.54, 1.807) is 12.1 Å². The minimum Gasteiger partial charge on any atom is -0.338 e. The lowest BCUT2D eigenvalue weighted by atomic mass is 10.1. The fraction of sp³-hybridized carbons (Fsp3) is 0.333. The van der Waals surface area contributed by atoms with Gasteiger partial charge in [-0.3, -0.25) is 14.8 Å². The number of nitrogens with zero attached hydrogens (tertiary/aromatic N) is 5. The van der Waals surface area contributed by atoms with Crippen LogP contribution in [0.1, 0.15) is 51.6 Å². The summed E-state index contributed by atoms with van der Waals surface area (Å²) in [5.74, 6) is 2.01. The maximum Gasteiger partial charge on any atom is 0.417 e. The lowest BCUT2D eigenvalue weighted by molar-refractivity contribution is -0.137. The van der Waals surface area contributed by atoms with Crippen LogP contribution in [-0.2, 0) is 12.7 Å². The summed E-state index contributed by atoms with van der Waals surface area (Å²) in [4.78, 5) is 26.5. The van der Waals surface area contributed by atoms with E-state index in [9.17, 15) is 18.0 Å². The van der Waals surface area contributed by atoms with Gasteiger partial charge in [-0.15, -0.1) is 0 Å². The molecule has 1 saturated carbocycles. The molecule has 1 amide bonds. The van der Waals surface area contributed by atoms with Gasteiger partial charge in [0.15, 0.2) is 0 Å². The third-order valence-corrected chi connectivity index (χ3v) is 7.45. The summed E-state index contributed by atoms with van der Waals surface area (Å²) in [7, 11) is 0. The number of halogens is 3. The summed E-state index contributed by atoms with van der Waals surface area (Å²) in [6.45, 7) is 5.84. The van der Waals surface area contributed by atoms with Crippen molar-refractivity contribution in [2.45, 2.75) is 38.4 Å². The Morgan fingerprint density at radius 2 is 1.74 bits per heavy atom. The highest BCUT2D eigenvalue weighted by atomic mass is 19.4. The van der Waals surface area contributed by atoms with Crippen LogP contribution >= 0.6 is 0 Å². The molecule has 2 aromatic heterocycles. The number of carbonyl (C=O) groups is 1. The zero-order valence-electron chi connectivity index (χ0n) is 23.1. The van der Waals surface area contributed by atoms with Gasteiger partial charge in [0, 0.05) is 62.2 Å². The summed E-state index contributed by atoms with van der Waals surface area (Å²) in [5.41, 5.74) is 2.08. The first-order valence-corrected chi connectivity index (χ1v) is 13.9. The number of rotatable bonds is 8. The summed E-state index contributed by atoms with van der Waals surface area (Å²) < 4.78 is 39.9. The molecule has 3 N–H and O–H groups in total. The van der Waals surface area contributed by atoms with Gasteiger partial charge in [-0.25, -0.2) is 4.98 Å². The molecule has 12 heteroatoms. The van der Waals surface area contributed by atoms with Gasteiger partial charge in [0.1, 0.15) is 11.6 Å². The molecule has 4 aromatic rings. The molecule has 1 saturated heterocycles. The fourth-order valence-electron chi connectivity index (χ4n) is 5.07. The van der Waals surface area contributed by atoms with Gasteiger partial charge in [-0.05, 0) is 49.6 Å². The molecule has 2 fully saturated rings. The Morgan fingerprint density at radius 3 is 2.45 bits per heavy atom. The topological polar surface area (TPSA) is 102 Å². The van der Waals surface area contributed by atoms with Crippen molar-refractivity contribution in [3.8, 4) is 0 Å². The SMILES string of the molecule is Cc1cc(Nc2cc(C3CC3)n[nH]2)nc(N2CCN(Cc3ccc(NC(=O)c4ccccc4C(F)(F)F)cc3)CC2)n1. The standard InChI is InChI=1S/C30H31F3N8O/c1-19-16-26(36-27-17-25(38-39-27)21-8-9-21)37-29(34-19)41-14-12-40(13-15-41)18-20-6-10-22(11-7-20)35-28(42)23-4-2-3-5-24(23)30(31,32)33/h2-7,10-11,16-17,21H,8-9,12-15,18H2,1H3,(H,35,42)(H2,34,36,37,38,39). The molecule has 0 atom stereocenters. The number of nitrogens with one attached hydrogen (secondary N) is 3. The summed E-state index contributed by atoms with van der Waals surface area (Å²) >= 11 is 0. The minimum atomic E-state index is -4.60. The predicted molar refractivity (Wildman–Crippen MR) is 154 cm³/mol. The van der Waals surface area contributed by atoms with Crippen LogP contribution < -0.4 is 15.5 Å².